The van der Waals surface area contributed by atoms with Gasteiger partial charge in [-0.3, -0.25) is 0 Å². The first-order valence-electron chi connectivity index (χ1n) is 5.00. The highest BCUT2D eigenvalue weighted by Crippen LogP contribution is 2.38. The Morgan fingerprint density at radius 2 is 1.93 bits per heavy atom. The number of rotatable bonds is 1. The number of hydrogen-bond acceptors (Lipinski definition) is 2. The van der Waals surface area contributed by atoms with Gasteiger partial charge in [0.15, 0.2) is 0 Å². The van der Waals surface area contributed by atoms with Crippen LogP contribution in [0.15, 0.2) is 30.3 Å². The van der Waals surface area contributed by atoms with Gasteiger partial charge in [0.25, 0.3) is 0 Å². The van der Waals surface area contributed by atoms with Gasteiger partial charge in [0.1, 0.15) is 0 Å². The molecule has 2 atom stereocenters. The molecule has 0 bridgehead atoms. The van der Waals surface area contributed by atoms with Crippen LogP contribution in [0.2, 0.25) is 0 Å². The normalized spacial score (nSPS) is 30.5. The van der Waals surface area contributed by atoms with E-state index in [1.54, 1.807) is 0 Å². The van der Waals surface area contributed by atoms with E-state index in [2.05, 4.69) is 0 Å². The monoisotopic (exact) mass is 192 g/mol. The molecule has 1 heterocycles. The summed E-state index contributed by atoms with van der Waals surface area (Å²) in [5, 5.41) is 9.76. The van der Waals surface area contributed by atoms with Gasteiger partial charge >= 0.3 is 0 Å². The van der Waals surface area contributed by atoms with Crippen molar-refractivity contribution in [2.45, 2.75) is 38.1 Å². The molecule has 0 radical (unpaired) electrons. The summed E-state index contributed by atoms with van der Waals surface area (Å²) >= 11 is 0. The Kier molecular flexibility index (Phi) is 2.33. The zero-order valence-electron chi connectivity index (χ0n) is 8.60. The van der Waals surface area contributed by atoms with Crippen LogP contribution in [-0.4, -0.2) is 16.8 Å². The Labute approximate surface area is 84.5 Å². The molecule has 14 heavy (non-hydrogen) atoms. The molecule has 1 fully saturated rings. The molecule has 1 aliphatic heterocycles. The van der Waals surface area contributed by atoms with Crippen molar-refractivity contribution in [3.8, 4) is 0 Å². The Hall–Kier alpha value is -0.860. The lowest BCUT2D eigenvalue weighted by molar-refractivity contribution is -0.0570. The quantitative estimate of drug-likeness (QED) is 0.739. The molecule has 76 valence electrons. The number of aliphatic hydroxyl groups is 1. The van der Waals surface area contributed by atoms with Gasteiger partial charge in [0.2, 0.25) is 0 Å². The highest BCUT2D eigenvalue weighted by molar-refractivity contribution is 5.19. The summed E-state index contributed by atoms with van der Waals surface area (Å²) in [6, 6.07) is 10.1. The Balaban J connectivity index is 2.17. The van der Waals surface area contributed by atoms with Crippen molar-refractivity contribution >= 4 is 0 Å². The number of hydrogen-bond donors (Lipinski definition) is 1. The summed E-state index contributed by atoms with van der Waals surface area (Å²) in [5.41, 5.74) is 0.734. The molecule has 1 aromatic carbocycles. The molecule has 1 saturated heterocycles. The van der Waals surface area contributed by atoms with E-state index in [1.165, 1.54) is 0 Å². The second-order valence-corrected chi connectivity index (χ2v) is 4.37. The van der Waals surface area contributed by atoms with E-state index in [0.717, 1.165) is 5.56 Å². The van der Waals surface area contributed by atoms with Gasteiger partial charge in [-0.1, -0.05) is 30.3 Å². The molecule has 0 saturated carbocycles. The topological polar surface area (TPSA) is 29.5 Å². The van der Waals surface area contributed by atoms with E-state index >= 15 is 0 Å². The first-order chi connectivity index (χ1) is 6.59. The van der Waals surface area contributed by atoms with Crippen LogP contribution in [0.4, 0.5) is 0 Å². The smallest absolute Gasteiger partial charge is 0.0893 e. The number of benzene rings is 1. The van der Waals surface area contributed by atoms with E-state index < -0.39 is 5.60 Å². The first kappa shape index (κ1) is 9.69. The van der Waals surface area contributed by atoms with E-state index in [4.69, 9.17) is 4.74 Å². The van der Waals surface area contributed by atoms with Crippen LogP contribution in [0.3, 0.4) is 0 Å². The molecule has 0 aliphatic carbocycles. The molecule has 2 nitrogen and oxygen atoms in total. The van der Waals surface area contributed by atoms with Gasteiger partial charge in [0, 0.05) is 6.42 Å². The first-order valence-corrected chi connectivity index (χ1v) is 5.00. The maximum absolute atomic E-state index is 9.76. The van der Waals surface area contributed by atoms with Gasteiger partial charge in [0.05, 0.1) is 17.8 Å². The fraction of sp³-hybridized carbons (Fsp3) is 0.500. The minimum absolute atomic E-state index is 0.0428. The molecule has 1 aromatic rings. The second kappa shape index (κ2) is 3.37. The number of aliphatic hydroxyl groups excluding tert-OH is 1. The van der Waals surface area contributed by atoms with Crippen molar-refractivity contribution in [1.82, 2.24) is 0 Å². The highest BCUT2D eigenvalue weighted by atomic mass is 16.5. The molecule has 2 heteroatoms. The molecular weight excluding hydrogens is 176 g/mol. The minimum Gasteiger partial charge on any atom is -0.390 e. The average Bonchev–Trinajstić information content (AvgIpc) is 2.43. The average molecular weight is 192 g/mol. The maximum atomic E-state index is 9.76. The van der Waals surface area contributed by atoms with Crippen LogP contribution in [0.25, 0.3) is 0 Å². The predicted octanol–water partition coefficient (Wildman–Crippen LogP) is 2.29. The number of ether oxygens (including phenoxy) is 1. The van der Waals surface area contributed by atoms with Crippen LogP contribution in [0.5, 0.6) is 0 Å². The Morgan fingerprint density at radius 1 is 1.29 bits per heavy atom. The van der Waals surface area contributed by atoms with Crippen LogP contribution in [0.1, 0.15) is 31.9 Å². The van der Waals surface area contributed by atoms with E-state index in [-0.39, 0.29) is 12.2 Å². The Morgan fingerprint density at radius 3 is 2.43 bits per heavy atom. The van der Waals surface area contributed by atoms with Crippen LogP contribution in [-0.2, 0) is 4.74 Å². The van der Waals surface area contributed by atoms with E-state index in [9.17, 15) is 5.11 Å². The van der Waals surface area contributed by atoms with Crippen molar-refractivity contribution in [3.63, 3.8) is 0 Å². The standard InChI is InChI=1S/C12H16O2/c1-12(2)11(13)8-10(14-12)9-6-4-3-5-7-9/h3-7,10-11,13H,8H2,1-2H3/t10-,11+/m0/s1. The largest absolute Gasteiger partial charge is 0.390 e. The molecule has 0 spiro atoms. The van der Waals surface area contributed by atoms with Gasteiger partial charge in [-0.25, -0.2) is 0 Å². The van der Waals surface area contributed by atoms with Crippen molar-refractivity contribution in [2.24, 2.45) is 0 Å². The van der Waals surface area contributed by atoms with Crippen LogP contribution >= 0.6 is 0 Å². The van der Waals surface area contributed by atoms with Crippen molar-refractivity contribution in [3.05, 3.63) is 35.9 Å². The van der Waals surface area contributed by atoms with E-state index in [1.807, 2.05) is 44.2 Å². The lowest BCUT2D eigenvalue weighted by Gasteiger charge is -2.22. The summed E-state index contributed by atoms with van der Waals surface area (Å²) in [7, 11) is 0. The zero-order valence-corrected chi connectivity index (χ0v) is 8.60. The Bertz CT molecular complexity index is 305. The molecule has 1 N–H and O–H groups in total. The third kappa shape index (κ3) is 1.68. The summed E-state index contributed by atoms with van der Waals surface area (Å²) in [6.07, 6.45) is 0.366. The maximum Gasteiger partial charge on any atom is 0.0893 e. The van der Waals surface area contributed by atoms with Gasteiger partial charge in [-0.15, -0.1) is 0 Å². The summed E-state index contributed by atoms with van der Waals surface area (Å²) in [5.74, 6) is 0. The van der Waals surface area contributed by atoms with Crippen LogP contribution < -0.4 is 0 Å². The third-order valence-corrected chi connectivity index (χ3v) is 2.86. The summed E-state index contributed by atoms with van der Waals surface area (Å²) < 4.78 is 5.80. The van der Waals surface area contributed by atoms with E-state index in [0.29, 0.717) is 6.42 Å². The predicted molar refractivity (Wildman–Crippen MR) is 55.0 cm³/mol. The fourth-order valence-corrected chi connectivity index (χ4v) is 1.85. The SMILES string of the molecule is CC1(C)O[C@H](c2ccccc2)C[C@H]1O. The lowest BCUT2D eigenvalue weighted by atomic mass is 9.99. The summed E-state index contributed by atoms with van der Waals surface area (Å²) in [6.45, 7) is 3.86. The fourth-order valence-electron chi connectivity index (χ4n) is 1.85. The van der Waals surface area contributed by atoms with Crippen molar-refractivity contribution < 1.29 is 9.84 Å². The molecule has 0 aromatic heterocycles. The molecule has 2 rings (SSSR count). The summed E-state index contributed by atoms with van der Waals surface area (Å²) in [4.78, 5) is 0. The van der Waals surface area contributed by atoms with Crippen molar-refractivity contribution in [2.75, 3.05) is 0 Å². The molecular formula is C12H16O2. The molecule has 0 unspecified atom stereocenters. The van der Waals surface area contributed by atoms with Gasteiger partial charge < -0.3 is 9.84 Å². The highest BCUT2D eigenvalue weighted by Gasteiger charge is 2.40. The molecule has 1 aliphatic rings. The minimum atomic E-state index is -0.416. The van der Waals surface area contributed by atoms with Gasteiger partial charge in [-0.05, 0) is 19.4 Å². The zero-order chi connectivity index (χ0) is 10.2. The third-order valence-electron chi connectivity index (χ3n) is 2.86. The molecule has 0 amide bonds. The van der Waals surface area contributed by atoms with Crippen molar-refractivity contribution in [1.29, 1.82) is 0 Å². The van der Waals surface area contributed by atoms with Crippen LogP contribution in [0, 0.1) is 0 Å². The lowest BCUT2D eigenvalue weighted by Crippen LogP contribution is -2.31. The second-order valence-electron chi connectivity index (χ2n) is 4.37. The van der Waals surface area contributed by atoms with Gasteiger partial charge in [-0.2, -0.15) is 0 Å².